The molecule has 0 aliphatic carbocycles. The van der Waals surface area contributed by atoms with E-state index in [0.29, 0.717) is 5.92 Å². The number of thiophene rings is 1. The Morgan fingerprint density at radius 2 is 1.96 bits per heavy atom. The first-order valence-electron chi connectivity index (χ1n) is 8.89. The molecule has 0 unspecified atom stereocenters. The minimum absolute atomic E-state index is 0.00836. The maximum absolute atomic E-state index is 5.75. The molecule has 3 heterocycles. The molecule has 1 N–H and O–H groups in total. The van der Waals surface area contributed by atoms with Gasteiger partial charge in [-0.05, 0) is 70.0 Å². The molecule has 2 atom stereocenters. The zero-order chi connectivity index (χ0) is 19.0. The van der Waals surface area contributed by atoms with Gasteiger partial charge >= 0.3 is 0 Å². The van der Waals surface area contributed by atoms with E-state index in [1.807, 2.05) is 18.3 Å². The fourth-order valence-electron chi connectivity index (χ4n) is 3.43. The number of nitrogens with zero attached hydrogens (tertiary/aromatic N) is 2. The third-order valence-electron chi connectivity index (χ3n) is 4.82. The van der Waals surface area contributed by atoms with Gasteiger partial charge in [0.15, 0.2) is 5.11 Å². The lowest BCUT2D eigenvalue weighted by atomic mass is 10.0. The molecule has 3 aromatic rings. The van der Waals surface area contributed by atoms with Crippen LogP contribution in [0.5, 0.6) is 0 Å². The van der Waals surface area contributed by atoms with Crippen LogP contribution in [0, 0.1) is 0 Å². The van der Waals surface area contributed by atoms with Crippen molar-refractivity contribution in [2.45, 2.75) is 31.8 Å². The Morgan fingerprint density at radius 3 is 2.56 bits per heavy atom. The molecule has 0 radical (unpaired) electrons. The molecule has 4 rings (SSSR count). The van der Waals surface area contributed by atoms with Gasteiger partial charge in [0.1, 0.15) is 0 Å². The summed E-state index contributed by atoms with van der Waals surface area (Å²) in [6.45, 7) is 4.42. The Morgan fingerprint density at radius 1 is 1.19 bits per heavy atom. The van der Waals surface area contributed by atoms with Crippen LogP contribution in [0.1, 0.15) is 48.0 Å². The third-order valence-corrected chi connectivity index (χ3v) is 6.89. The van der Waals surface area contributed by atoms with Crippen LogP contribution in [0.25, 0.3) is 0 Å². The Bertz CT molecular complexity index is 938. The zero-order valence-electron chi connectivity index (χ0n) is 15.1. The average Bonchev–Trinajstić information content (AvgIpc) is 3.25. The first-order chi connectivity index (χ1) is 13.0. The van der Waals surface area contributed by atoms with Crippen LogP contribution >= 0.6 is 39.5 Å². The normalized spacial score (nSPS) is 19.6. The molecule has 1 fully saturated rings. The van der Waals surface area contributed by atoms with Crippen LogP contribution in [0.2, 0.25) is 0 Å². The summed E-state index contributed by atoms with van der Waals surface area (Å²) in [5, 5.41) is 6.35. The molecule has 3 nitrogen and oxygen atoms in total. The second-order valence-corrected chi connectivity index (χ2v) is 9.16. The van der Waals surface area contributed by atoms with Crippen LogP contribution < -0.4 is 10.2 Å². The van der Waals surface area contributed by atoms with Gasteiger partial charge in [-0.1, -0.05) is 32.0 Å². The minimum Gasteiger partial charge on any atom is -0.351 e. The highest BCUT2D eigenvalue weighted by molar-refractivity contribution is 9.10. The molecule has 0 spiro atoms. The molecule has 27 heavy (non-hydrogen) atoms. The van der Waals surface area contributed by atoms with Crippen LogP contribution in [0.4, 0.5) is 5.69 Å². The van der Waals surface area contributed by atoms with Crippen molar-refractivity contribution in [1.82, 2.24) is 10.3 Å². The quantitative estimate of drug-likeness (QED) is 0.471. The predicted octanol–water partition coefficient (Wildman–Crippen LogP) is 6.21. The third kappa shape index (κ3) is 3.66. The van der Waals surface area contributed by atoms with Crippen molar-refractivity contribution in [3.05, 3.63) is 80.7 Å². The van der Waals surface area contributed by atoms with Crippen molar-refractivity contribution in [1.29, 1.82) is 0 Å². The summed E-state index contributed by atoms with van der Waals surface area (Å²) < 4.78 is 1.09. The van der Waals surface area contributed by atoms with Crippen molar-refractivity contribution in [2.24, 2.45) is 0 Å². The lowest BCUT2D eigenvalue weighted by molar-refractivity contribution is 0.575. The maximum Gasteiger partial charge on any atom is 0.174 e. The monoisotopic (exact) mass is 457 g/mol. The van der Waals surface area contributed by atoms with Crippen LogP contribution in [0.15, 0.2) is 64.6 Å². The summed E-state index contributed by atoms with van der Waals surface area (Å²) in [6.07, 6.45) is 1.83. The Labute approximate surface area is 177 Å². The number of hydrogen-bond donors (Lipinski definition) is 1. The van der Waals surface area contributed by atoms with Gasteiger partial charge in [-0.15, -0.1) is 11.3 Å². The van der Waals surface area contributed by atoms with E-state index in [-0.39, 0.29) is 12.1 Å². The van der Waals surface area contributed by atoms with E-state index in [9.17, 15) is 0 Å². The standard InChI is InChI=1S/C21H20BrN3S2/c1-13(2)14-6-8-16(9-7-14)25-20(18-11-15(22)12-27-18)19(24-21(25)26)17-5-3-4-10-23-17/h3-13,19-20H,1-2H3,(H,24,26)/t19-,20-/m1/s1. The first kappa shape index (κ1) is 18.6. The summed E-state index contributed by atoms with van der Waals surface area (Å²) in [4.78, 5) is 8.05. The second kappa shape index (κ2) is 7.70. The molecule has 1 saturated heterocycles. The molecular weight excluding hydrogens is 438 g/mol. The van der Waals surface area contributed by atoms with Gasteiger partial charge in [0.2, 0.25) is 0 Å². The van der Waals surface area contributed by atoms with Gasteiger partial charge < -0.3 is 10.2 Å². The highest BCUT2D eigenvalue weighted by Gasteiger charge is 2.41. The Hall–Kier alpha value is -1.76. The second-order valence-electron chi connectivity index (χ2n) is 6.91. The highest BCUT2D eigenvalue weighted by atomic mass is 79.9. The highest BCUT2D eigenvalue weighted by Crippen LogP contribution is 2.44. The minimum atomic E-state index is 0.00836. The lowest BCUT2D eigenvalue weighted by Crippen LogP contribution is -2.29. The molecule has 0 bridgehead atoms. The summed E-state index contributed by atoms with van der Waals surface area (Å²) >= 11 is 11.1. The number of aromatic nitrogens is 1. The molecule has 6 heteroatoms. The summed E-state index contributed by atoms with van der Waals surface area (Å²) in [6, 6.07) is 17.0. The number of halogens is 1. The molecule has 1 aromatic carbocycles. The zero-order valence-corrected chi connectivity index (χ0v) is 18.3. The lowest BCUT2D eigenvalue weighted by Gasteiger charge is -2.27. The topological polar surface area (TPSA) is 28.2 Å². The van der Waals surface area contributed by atoms with Crippen LogP contribution in [0.3, 0.4) is 0 Å². The van der Waals surface area contributed by atoms with Gasteiger partial charge in [-0.3, -0.25) is 4.98 Å². The van der Waals surface area contributed by atoms with Gasteiger partial charge in [0, 0.05) is 26.6 Å². The van der Waals surface area contributed by atoms with Gasteiger partial charge in [0.05, 0.1) is 17.8 Å². The molecule has 2 aromatic heterocycles. The number of thiocarbonyl (C=S) groups is 1. The van der Waals surface area contributed by atoms with Gasteiger partial charge in [0.25, 0.3) is 0 Å². The smallest absolute Gasteiger partial charge is 0.174 e. The molecule has 1 aliphatic heterocycles. The predicted molar refractivity (Wildman–Crippen MR) is 120 cm³/mol. The van der Waals surface area contributed by atoms with Gasteiger partial charge in [-0.2, -0.15) is 0 Å². The van der Waals surface area contributed by atoms with E-state index < -0.39 is 0 Å². The number of hydrogen-bond acceptors (Lipinski definition) is 3. The molecule has 0 amide bonds. The van der Waals surface area contributed by atoms with Gasteiger partial charge in [-0.25, -0.2) is 0 Å². The average molecular weight is 458 g/mol. The fraction of sp³-hybridized carbons (Fsp3) is 0.238. The maximum atomic E-state index is 5.75. The van der Waals surface area contributed by atoms with Crippen LogP contribution in [-0.2, 0) is 0 Å². The molecular formula is C21H20BrN3S2. The number of nitrogens with one attached hydrogen (secondary N) is 1. The van der Waals surface area contributed by atoms with E-state index in [1.54, 1.807) is 11.3 Å². The fourth-order valence-corrected chi connectivity index (χ4v) is 5.34. The van der Waals surface area contributed by atoms with E-state index in [1.165, 1.54) is 10.4 Å². The Kier molecular flexibility index (Phi) is 5.30. The number of pyridine rings is 1. The van der Waals surface area contributed by atoms with E-state index in [2.05, 4.69) is 86.8 Å². The SMILES string of the molecule is CC(C)c1ccc(N2C(=S)N[C@H](c3ccccn3)[C@H]2c2cc(Br)cs2)cc1. The van der Waals surface area contributed by atoms with E-state index >= 15 is 0 Å². The Balaban J connectivity index is 1.78. The van der Waals surface area contributed by atoms with Crippen molar-refractivity contribution in [2.75, 3.05) is 4.90 Å². The summed E-state index contributed by atoms with van der Waals surface area (Å²) in [5.74, 6) is 0.507. The number of anilines is 1. The molecule has 138 valence electrons. The van der Waals surface area contributed by atoms with Crippen LogP contribution in [-0.4, -0.2) is 10.1 Å². The van der Waals surface area contributed by atoms with Crippen molar-refractivity contribution >= 4 is 50.3 Å². The number of rotatable bonds is 4. The van der Waals surface area contributed by atoms with Crippen molar-refractivity contribution in [3.63, 3.8) is 0 Å². The molecule has 0 saturated carbocycles. The van der Waals surface area contributed by atoms with E-state index in [0.717, 1.165) is 21.0 Å². The summed E-state index contributed by atoms with van der Waals surface area (Å²) in [5.41, 5.74) is 3.43. The van der Waals surface area contributed by atoms with E-state index in [4.69, 9.17) is 12.2 Å². The van der Waals surface area contributed by atoms with Crippen molar-refractivity contribution < 1.29 is 0 Å². The first-order valence-corrected chi connectivity index (χ1v) is 11.0. The largest absolute Gasteiger partial charge is 0.351 e. The summed E-state index contributed by atoms with van der Waals surface area (Å²) in [7, 11) is 0. The van der Waals surface area contributed by atoms with Crippen molar-refractivity contribution in [3.8, 4) is 0 Å². The number of benzene rings is 1. The molecule has 1 aliphatic rings.